The molecule has 3 aromatic rings. The van der Waals surface area contributed by atoms with Gasteiger partial charge in [-0.2, -0.15) is 0 Å². The number of phenolic OH excluding ortho intramolecular Hbond substituents is 1. The number of unbranched alkanes of at least 4 members (excludes halogenated alkanes) is 5. The van der Waals surface area contributed by atoms with Crippen LogP contribution < -0.4 is 5.73 Å². The van der Waals surface area contributed by atoms with Crippen molar-refractivity contribution in [2.75, 3.05) is 5.73 Å². The van der Waals surface area contributed by atoms with Gasteiger partial charge in [0.1, 0.15) is 5.75 Å². The van der Waals surface area contributed by atoms with Crippen LogP contribution in [-0.2, 0) is 17.3 Å². The summed E-state index contributed by atoms with van der Waals surface area (Å²) >= 11 is 0. The van der Waals surface area contributed by atoms with Crippen LogP contribution in [0.25, 0.3) is 11.6 Å². The summed E-state index contributed by atoms with van der Waals surface area (Å²) in [4.78, 5) is 11.2. The molecule has 4 heteroatoms. The summed E-state index contributed by atoms with van der Waals surface area (Å²) in [5.41, 5.74) is 14.8. The number of nitrogens with two attached hydrogens (primary N) is 1. The predicted molar refractivity (Wildman–Crippen MR) is 174 cm³/mol. The van der Waals surface area contributed by atoms with Gasteiger partial charge in [0.05, 0.1) is 5.56 Å². The van der Waals surface area contributed by atoms with E-state index in [1.807, 2.05) is 12.1 Å². The highest BCUT2D eigenvalue weighted by Crippen LogP contribution is 2.50. The molecule has 0 saturated heterocycles. The third-order valence-corrected chi connectivity index (χ3v) is 8.24. The Morgan fingerprint density at radius 1 is 0.854 bits per heavy atom. The minimum absolute atomic E-state index is 0.176. The van der Waals surface area contributed by atoms with Crippen LogP contribution in [-0.4, -0.2) is 16.2 Å². The van der Waals surface area contributed by atoms with Gasteiger partial charge >= 0.3 is 5.97 Å². The molecule has 0 aliphatic heterocycles. The molecule has 220 valence electrons. The highest BCUT2D eigenvalue weighted by Gasteiger charge is 2.42. The second-order valence-electron chi connectivity index (χ2n) is 12.9. The fourth-order valence-corrected chi connectivity index (χ4v) is 6.25. The minimum atomic E-state index is -0.882. The number of rotatable bonds is 10. The van der Waals surface area contributed by atoms with Gasteiger partial charge in [-0.15, -0.1) is 0 Å². The number of aryl methyl sites for hydroxylation is 1. The first-order chi connectivity index (χ1) is 19.3. The fourth-order valence-electron chi connectivity index (χ4n) is 6.25. The van der Waals surface area contributed by atoms with Crippen LogP contribution in [0.5, 0.6) is 5.75 Å². The van der Waals surface area contributed by atoms with Gasteiger partial charge in [0.25, 0.3) is 0 Å². The zero-order valence-electron chi connectivity index (χ0n) is 25.9. The molecule has 0 radical (unpaired) electrons. The molecule has 41 heavy (non-hydrogen) atoms. The number of nitrogen functional groups attached to an aromatic ring is 1. The van der Waals surface area contributed by atoms with Gasteiger partial charge in [0.2, 0.25) is 0 Å². The van der Waals surface area contributed by atoms with Gasteiger partial charge in [-0.3, -0.25) is 0 Å². The molecule has 1 aliphatic rings. The normalized spacial score (nSPS) is 15.1. The maximum atomic E-state index is 11.2. The lowest BCUT2D eigenvalue weighted by Gasteiger charge is -2.22. The minimum Gasteiger partial charge on any atom is -0.508 e. The van der Waals surface area contributed by atoms with Gasteiger partial charge < -0.3 is 15.9 Å². The molecule has 0 fully saturated rings. The van der Waals surface area contributed by atoms with Crippen LogP contribution in [0.15, 0.2) is 60.7 Å². The molecule has 0 bridgehead atoms. The summed E-state index contributed by atoms with van der Waals surface area (Å²) in [5, 5.41) is 17.9. The first kappa shape index (κ1) is 32.0. The van der Waals surface area contributed by atoms with Crippen molar-refractivity contribution in [2.24, 2.45) is 0 Å². The second kappa shape index (κ2) is 13.9. The van der Waals surface area contributed by atoms with E-state index in [1.165, 1.54) is 72.8 Å². The lowest BCUT2D eigenvalue weighted by atomic mass is 9.82. The van der Waals surface area contributed by atoms with Gasteiger partial charge in [-0.1, -0.05) is 97.1 Å². The number of phenols is 1. The largest absolute Gasteiger partial charge is 0.508 e. The van der Waals surface area contributed by atoms with Crippen molar-refractivity contribution < 1.29 is 15.0 Å². The third-order valence-electron chi connectivity index (χ3n) is 8.24. The third kappa shape index (κ3) is 8.73. The molecular weight excluding hydrogens is 506 g/mol. The van der Waals surface area contributed by atoms with E-state index in [9.17, 15) is 9.90 Å². The summed E-state index contributed by atoms with van der Waals surface area (Å²) in [5.74, 6) is -0.633. The molecule has 4 N–H and O–H groups in total. The van der Waals surface area contributed by atoms with Crippen LogP contribution >= 0.6 is 0 Å². The average molecular weight is 556 g/mol. The summed E-state index contributed by atoms with van der Waals surface area (Å²) in [6, 6.07) is 18.6. The van der Waals surface area contributed by atoms with E-state index in [-0.39, 0.29) is 16.6 Å². The molecule has 0 amide bonds. The number of hydrogen-bond donors (Lipinski definition) is 3. The number of fused-ring (bicyclic) bond motifs is 1. The monoisotopic (exact) mass is 555 g/mol. The van der Waals surface area contributed by atoms with Crippen LogP contribution in [0, 0.1) is 0 Å². The van der Waals surface area contributed by atoms with Crippen molar-refractivity contribution in [2.45, 2.75) is 104 Å². The van der Waals surface area contributed by atoms with E-state index < -0.39 is 5.97 Å². The number of carboxylic acid groups (broad SMARTS) is 1. The Hall–Kier alpha value is -3.53. The quantitative estimate of drug-likeness (QED) is 0.101. The molecule has 0 aromatic heterocycles. The Bertz CT molecular complexity index is 1310. The highest BCUT2D eigenvalue weighted by molar-refractivity contribution is 5.88. The summed E-state index contributed by atoms with van der Waals surface area (Å²) in [6.45, 7) is 14.0. The Labute approximate surface area is 247 Å². The van der Waals surface area contributed by atoms with Crippen LogP contribution in [0.2, 0.25) is 0 Å². The molecule has 3 aromatic carbocycles. The molecule has 0 heterocycles. The van der Waals surface area contributed by atoms with Crippen molar-refractivity contribution in [3.8, 4) is 5.75 Å². The first-order valence-corrected chi connectivity index (χ1v) is 15.1. The number of aromatic hydroxyl groups is 1. The van der Waals surface area contributed by atoms with Gasteiger partial charge in [-0.25, -0.2) is 4.79 Å². The van der Waals surface area contributed by atoms with Crippen molar-refractivity contribution in [3.63, 3.8) is 0 Å². The molecule has 1 aliphatic carbocycles. The number of carboxylic acids is 1. The molecule has 0 spiro atoms. The van der Waals surface area contributed by atoms with Gasteiger partial charge in [0, 0.05) is 5.69 Å². The van der Waals surface area contributed by atoms with E-state index >= 15 is 0 Å². The smallest absolute Gasteiger partial charge is 0.335 e. The maximum Gasteiger partial charge on any atom is 0.335 e. The maximum absolute atomic E-state index is 11.2. The van der Waals surface area contributed by atoms with Crippen molar-refractivity contribution in [1.29, 1.82) is 0 Å². The molecule has 4 nitrogen and oxygen atoms in total. The lowest BCUT2D eigenvalue weighted by Crippen LogP contribution is -2.18. The van der Waals surface area contributed by atoms with Gasteiger partial charge in [0.15, 0.2) is 0 Å². The number of allylic oxidation sites excluding steroid dienone is 1. The van der Waals surface area contributed by atoms with Crippen LogP contribution in [0.3, 0.4) is 0 Å². The summed E-state index contributed by atoms with van der Waals surface area (Å²) < 4.78 is 0. The fraction of sp³-hybridized carbons (Fsp3) is 0.432. The average Bonchev–Trinajstić information content (AvgIpc) is 3.10. The summed E-state index contributed by atoms with van der Waals surface area (Å²) in [6.07, 6.45) is 12.3. The Morgan fingerprint density at radius 2 is 1.41 bits per heavy atom. The van der Waals surface area contributed by atoms with E-state index in [2.05, 4.69) is 59.8 Å². The van der Waals surface area contributed by atoms with Gasteiger partial charge in [-0.05, 0) is 107 Å². The highest BCUT2D eigenvalue weighted by atomic mass is 16.4. The number of hydrogen-bond acceptors (Lipinski definition) is 3. The molecular formula is C37H49NO3. The molecule has 0 atom stereocenters. The van der Waals surface area contributed by atoms with Crippen molar-refractivity contribution >= 4 is 23.3 Å². The van der Waals surface area contributed by atoms with Crippen LogP contribution in [0.1, 0.15) is 125 Å². The number of aromatic carboxylic acids is 1. The first-order valence-electron chi connectivity index (χ1n) is 15.1. The standard InChI is InChI=1S/C31H42O2.C6H7NO/c1-7-8-9-10-11-12-13-25-19-27-28(31(5,6)21-30(27,3)4)20-26(25)22(2)18-23-14-16-24(17-15-23)29(32)33;7-5-1-3-6(8)4-2-5/h14-20H,7-13,21H2,1-6H3,(H,32,33);1-4,8H,7H2. The summed E-state index contributed by atoms with van der Waals surface area (Å²) in [7, 11) is 0. The Balaban J connectivity index is 0.000000496. The Kier molecular flexibility index (Phi) is 10.8. The van der Waals surface area contributed by atoms with E-state index in [0.717, 1.165) is 12.0 Å². The second-order valence-corrected chi connectivity index (χ2v) is 12.9. The number of benzene rings is 3. The Morgan fingerprint density at radius 3 is 1.98 bits per heavy atom. The topological polar surface area (TPSA) is 83.5 Å². The molecule has 0 saturated carbocycles. The zero-order chi connectivity index (χ0) is 30.2. The number of carbonyl (C=O) groups is 1. The van der Waals surface area contributed by atoms with Crippen molar-refractivity contribution in [1.82, 2.24) is 0 Å². The number of anilines is 1. The predicted octanol–water partition coefficient (Wildman–Crippen LogP) is 9.78. The zero-order valence-corrected chi connectivity index (χ0v) is 25.9. The lowest BCUT2D eigenvalue weighted by molar-refractivity contribution is 0.0697. The van der Waals surface area contributed by atoms with Crippen LogP contribution in [0.4, 0.5) is 5.69 Å². The SMILES string of the molecule is CCCCCCCCc1cc2c(cc1C(C)=Cc1ccc(C(=O)O)cc1)C(C)(C)CC2(C)C.Nc1ccc(O)cc1. The molecule has 0 unspecified atom stereocenters. The van der Waals surface area contributed by atoms with E-state index in [1.54, 1.807) is 36.4 Å². The van der Waals surface area contributed by atoms with Crippen molar-refractivity contribution in [3.05, 3.63) is 94.0 Å². The van der Waals surface area contributed by atoms with E-state index in [0.29, 0.717) is 11.3 Å². The molecule has 4 rings (SSSR count). The van der Waals surface area contributed by atoms with E-state index in [4.69, 9.17) is 10.8 Å².